The second kappa shape index (κ2) is 11.9. The molecule has 1 aliphatic heterocycles. The predicted molar refractivity (Wildman–Crippen MR) is 157 cm³/mol. The van der Waals surface area contributed by atoms with E-state index in [-0.39, 0.29) is 11.8 Å². The minimum absolute atomic E-state index is 0.0481. The van der Waals surface area contributed by atoms with E-state index < -0.39 is 11.6 Å². The molecular weight excluding hydrogens is 516 g/mol. The van der Waals surface area contributed by atoms with Crippen molar-refractivity contribution in [2.75, 3.05) is 24.6 Å². The van der Waals surface area contributed by atoms with Gasteiger partial charge in [0, 0.05) is 54.3 Å². The Hall–Kier alpha value is -4.49. The third kappa shape index (κ3) is 6.00. The van der Waals surface area contributed by atoms with Crippen LogP contribution in [0.4, 0.5) is 5.82 Å². The number of hydrogen-bond donors (Lipinski definition) is 2. The van der Waals surface area contributed by atoms with E-state index in [1.165, 1.54) is 0 Å². The molecule has 0 bridgehead atoms. The molecule has 3 N–H and O–H groups in total. The number of fused-ring (bicyclic) bond motifs is 1. The molecule has 10 nitrogen and oxygen atoms in total. The first-order valence-electron chi connectivity index (χ1n) is 14.1. The molecule has 4 aromatic heterocycles. The minimum Gasteiger partial charge on any atom is -0.492 e. The van der Waals surface area contributed by atoms with Crippen molar-refractivity contribution in [1.82, 2.24) is 24.9 Å². The number of hydrogen-bond acceptors (Lipinski definition) is 8. The maximum absolute atomic E-state index is 13.0. The molecule has 5 rings (SSSR count). The molecule has 41 heavy (non-hydrogen) atoms. The quantitative estimate of drug-likeness (QED) is 0.321. The minimum atomic E-state index is -0.562. The number of nitrogens with one attached hydrogen (secondary N) is 1. The van der Waals surface area contributed by atoms with Gasteiger partial charge in [0.1, 0.15) is 17.6 Å². The van der Waals surface area contributed by atoms with Gasteiger partial charge < -0.3 is 20.7 Å². The van der Waals surface area contributed by atoms with Crippen LogP contribution in [-0.2, 0) is 11.2 Å². The molecule has 1 aliphatic rings. The first kappa shape index (κ1) is 28.1. The SMILES string of the molecule is CCOc1cc(-c2ccc(N3CCC(Cc4ccccn4)(NC(=O)[C@H](N)C(C)C)CC3)nc2)c2c(C#N)cnn2c1. The molecule has 1 saturated heterocycles. The Morgan fingerprint density at radius 3 is 2.63 bits per heavy atom. The van der Waals surface area contributed by atoms with Gasteiger partial charge in [-0.25, -0.2) is 9.50 Å². The lowest BCUT2D eigenvalue weighted by atomic mass is 9.82. The van der Waals surface area contributed by atoms with Gasteiger partial charge in [0.2, 0.25) is 5.91 Å². The van der Waals surface area contributed by atoms with E-state index >= 15 is 0 Å². The second-order valence-corrected chi connectivity index (χ2v) is 10.9. The van der Waals surface area contributed by atoms with Crippen molar-refractivity contribution in [3.05, 3.63) is 72.4 Å². The van der Waals surface area contributed by atoms with E-state index in [0.29, 0.717) is 24.3 Å². The van der Waals surface area contributed by atoms with Gasteiger partial charge in [0.05, 0.1) is 36.1 Å². The van der Waals surface area contributed by atoms with Crippen LogP contribution in [0.5, 0.6) is 5.75 Å². The van der Waals surface area contributed by atoms with Gasteiger partial charge in [0.15, 0.2) is 0 Å². The lowest BCUT2D eigenvalue weighted by Crippen LogP contribution is -2.60. The molecule has 212 valence electrons. The zero-order valence-electron chi connectivity index (χ0n) is 23.7. The molecule has 10 heteroatoms. The molecule has 0 aromatic carbocycles. The molecular formula is C31H36N8O2. The zero-order valence-corrected chi connectivity index (χ0v) is 23.7. The Balaban J connectivity index is 1.36. The highest BCUT2D eigenvalue weighted by molar-refractivity contribution is 5.85. The van der Waals surface area contributed by atoms with E-state index in [4.69, 9.17) is 15.5 Å². The summed E-state index contributed by atoms with van der Waals surface area (Å²) in [5, 5.41) is 17.3. The summed E-state index contributed by atoms with van der Waals surface area (Å²) < 4.78 is 7.42. The number of nitriles is 1. The average molecular weight is 553 g/mol. The number of nitrogens with zero attached hydrogens (tertiary/aromatic N) is 6. The van der Waals surface area contributed by atoms with Crippen molar-refractivity contribution in [2.24, 2.45) is 11.7 Å². The summed E-state index contributed by atoms with van der Waals surface area (Å²) in [5.41, 5.74) is 9.63. The molecule has 1 amide bonds. The Kier molecular flexibility index (Phi) is 8.17. The fourth-order valence-electron chi connectivity index (χ4n) is 5.38. The normalized spacial score (nSPS) is 15.5. The molecule has 1 atom stereocenters. The topological polar surface area (TPSA) is 134 Å². The van der Waals surface area contributed by atoms with Crippen LogP contribution in [0.1, 0.15) is 44.9 Å². The van der Waals surface area contributed by atoms with Crippen LogP contribution in [0, 0.1) is 17.2 Å². The maximum Gasteiger partial charge on any atom is 0.237 e. The number of carbonyl (C=O) groups excluding carboxylic acids is 1. The Bertz CT molecular complexity index is 1530. The number of nitrogens with two attached hydrogens (primary N) is 1. The van der Waals surface area contributed by atoms with Crippen LogP contribution >= 0.6 is 0 Å². The number of amides is 1. The average Bonchev–Trinajstić information content (AvgIpc) is 3.40. The van der Waals surface area contributed by atoms with Crippen LogP contribution in [0.3, 0.4) is 0 Å². The third-order valence-electron chi connectivity index (χ3n) is 7.78. The molecule has 5 heterocycles. The number of piperidine rings is 1. The molecule has 0 aliphatic carbocycles. The van der Waals surface area contributed by atoms with E-state index in [1.54, 1.807) is 23.1 Å². The van der Waals surface area contributed by atoms with E-state index in [2.05, 4.69) is 26.4 Å². The molecule has 0 radical (unpaired) electrons. The number of anilines is 1. The van der Waals surface area contributed by atoms with E-state index in [9.17, 15) is 10.1 Å². The monoisotopic (exact) mass is 552 g/mol. The van der Waals surface area contributed by atoms with Crippen molar-refractivity contribution in [2.45, 2.75) is 51.6 Å². The molecule has 1 fully saturated rings. The molecule has 0 spiro atoms. The number of carbonyl (C=O) groups is 1. The fourth-order valence-corrected chi connectivity index (χ4v) is 5.38. The van der Waals surface area contributed by atoms with Gasteiger partial charge in [-0.3, -0.25) is 9.78 Å². The van der Waals surface area contributed by atoms with Gasteiger partial charge >= 0.3 is 0 Å². The number of aromatic nitrogens is 4. The lowest BCUT2D eigenvalue weighted by Gasteiger charge is -2.43. The van der Waals surface area contributed by atoms with Gasteiger partial charge in [-0.2, -0.15) is 10.4 Å². The highest BCUT2D eigenvalue weighted by Gasteiger charge is 2.38. The smallest absolute Gasteiger partial charge is 0.237 e. The summed E-state index contributed by atoms with van der Waals surface area (Å²) >= 11 is 0. The van der Waals surface area contributed by atoms with Gasteiger partial charge in [-0.15, -0.1) is 0 Å². The maximum atomic E-state index is 13.0. The zero-order chi connectivity index (χ0) is 29.0. The largest absolute Gasteiger partial charge is 0.492 e. The van der Waals surface area contributed by atoms with Crippen molar-refractivity contribution < 1.29 is 9.53 Å². The summed E-state index contributed by atoms with van der Waals surface area (Å²) in [6.45, 7) is 7.82. The second-order valence-electron chi connectivity index (χ2n) is 10.9. The van der Waals surface area contributed by atoms with Crippen LogP contribution in [0.25, 0.3) is 16.6 Å². The summed E-state index contributed by atoms with van der Waals surface area (Å²) in [4.78, 5) is 24.6. The Morgan fingerprint density at radius 1 is 1.20 bits per heavy atom. The highest BCUT2D eigenvalue weighted by Crippen LogP contribution is 2.33. The third-order valence-corrected chi connectivity index (χ3v) is 7.78. The first-order valence-corrected chi connectivity index (χ1v) is 14.1. The van der Waals surface area contributed by atoms with Gasteiger partial charge in [-0.05, 0) is 56.0 Å². The van der Waals surface area contributed by atoms with Crippen LogP contribution in [0.2, 0.25) is 0 Å². The predicted octanol–water partition coefficient (Wildman–Crippen LogP) is 3.74. The Labute approximate surface area is 240 Å². The van der Waals surface area contributed by atoms with Crippen molar-refractivity contribution in [3.8, 4) is 22.9 Å². The van der Waals surface area contributed by atoms with Gasteiger partial charge in [-0.1, -0.05) is 19.9 Å². The molecule has 0 saturated carbocycles. The number of ether oxygens (including phenoxy) is 1. The standard InChI is InChI=1S/C31H36N8O2/c1-4-41-25-15-26(29-23(17-32)19-36-39(29)20-25)22-8-9-27(35-18-22)38-13-10-31(11-14-38,16-24-7-5-6-12-34-24)37-30(40)28(33)21(2)3/h5-9,12,15,18-21,28H,4,10-11,13-14,16,33H2,1-3H3,(H,37,40)/t28-/m1/s1. The van der Waals surface area contributed by atoms with Crippen molar-refractivity contribution >= 4 is 17.2 Å². The summed E-state index contributed by atoms with van der Waals surface area (Å²) in [6, 6.07) is 13.5. The number of rotatable bonds is 9. The van der Waals surface area contributed by atoms with Crippen molar-refractivity contribution in [3.63, 3.8) is 0 Å². The number of pyridine rings is 3. The van der Waals surface area contributed by atoms with E-state index in [0.717, 1.165) is 54.1 Å². The summed E-state index contributed by atoms with van der Waals surface area (Å²) in [7, 11) is 0. The van der Waals surface area contributed by atoms with Gasteiger partial charge in [0.25, 0.3) is 0 Å². The Morgan fingerprint density at radius 2 is 2.00 bits per heavy atom. The van der Waals surface area contributed by atoms with Crippen LogP contribution in [0.15, 0.2) is 61.2 Å². The summed E-state index contributed by atoms with van der Waals surface area (Å²) in [6.07, 6.45) is 9.07. The van der Waals surface area contributed by atoms with Crippen LogP contribution < -0.4 is 20.7 Å². The lowest BCUT2D eigenvalue weighted by molar-refractivity contribution is -0.125. The molecule has 4 aromatic rings. The molecule has 0 unspecified atom stereocenters. The first-order chi connectivity index (χ1) is 19.8. The van der Waals surface area contributed by atoms with E-state index in [1.807, 2.05) is 63.4 Å². The highest BCUT2D eigenvalue weighted by atomic mass is 16.5. The fraction of sp³-hybridized carbons (Fsp3) is 0.387. The summed E-state index contributed by atoms with van der Waals surface area (Å²) in [5.74, 6) is 1.46. The van der Waals surface area contributed by atoms with Crippen molar-refractivity contribution in [1.29, 1.82) is 5.26 Å². The van der Waals surface area contributed by atoms with Crippen LogP contribution in [-0.4, -0.2) is 56.8 Å².